The Hall–Kier alpha value is -1.51. The first-order chi connectivity index (χ1) is 9.28. The standard InChI is InChI=1S/C11H16N4O3S/c1-2-9-4-13-10(18-9)5-12-3-8(16)7-17-11-6-14-19-15-11/h4,6,8,12,16H,2-3,5,7H2,1H3. The summed E-state index contributed by atoms with van der Waals surface area (Å²) < 4.78 is 18.3. The Morgan fingerprint density at radius 3 is 3.11 bits per heavy atom. The van der Waals surface area contributed by atoms with Crippen molar-refractivity contribution < 1.29 is 14.3 Å². The number of oxazole rings is 1. The van der Waals surface area contributed by atoms with Crippen LogP contribution in [0.15, 0.2) is 16.8 Å². The van der Waals surface area contributed by atoms with Gasteiger partial charge in [-0.25, -0.2) is 4.98 Å². The monoisotopic (exact) mass is 284 g/mol. The van der Waals surface area contributed by atoms with Crippen LogP contribution in [-0.4, -0.2) is 38.1 Å². The summed E-state index contributed by atoms with van der Waals surface area (Å²) in [5.74, 6) is 1.91. The zero-order valence-electron chi connectivity index (χ0n) is 10.6. The first kappa shape index (κ1) is 13.9. The normalized spacial score (nSPS) is 12.5. The van der Waals surface area contributed by atoms with Crippen molar-refractivity contribution in [3.05, 3.63) is 24.0 Å². The molecule has 7 nitrogen and oxygen atoms in total. The lowest BCUT2D eigenvalue weighted by Crippen LogP contribution is -2.31. The zero-order chi connectivity index (χ0) is 13.5. The Labute approximate surface area is 115 Å². The van der Waals surface area contributed by atoms with Crippen LogP contribution in [0.4, 0.5) is 0 Å². The lowest BCUT2D eigenvalue weighted by atomic mass is 10.4. The molecule has 19 heavy (non-hydrogen) atoms. The van der Waals surface area contributed by atoms with Gasteiger partial charge in [0.1, 0.15) is 24.7 Å². The molecular weight excluding hydrogens is 268 g/mol. The number of nitrogens with zero attached hydrogens (tertiary/aromatic N) is 3. The fraction of sp³-hybridized carbons (Fsp3) is 0.545. The van der Waals surface area contributed by atoms with Crippen LogP contribution in [0.1, 0.15) is 18.6 Å². The van der Waals surface area contributed by atoms with Crippen molar-refractivity contribution in [1.29, 1.82) is 0 Å². The number of aromatic nitrogens is 3. The SMILES string of the molecule is CCc1cnc(CNCC(O)COc2cnsn2)o1. The highest BCUT2D eigenvalue weighted by Crippen LogP contribution is 2.05. The number of aliphatic hydroxyl groups is 1. The van der Waals surface area contributed by atoms with E-state index in [1.165, 1.54) is 6.20 Å². The number of aliphatic hydroxyl groups excluding tert-OH is 1. The number of ether oxygens (including phenoxy) is 1. The summed E-state index contributed by atoms with van der Waals surface area (Å²) in [4.78, 5) is 4.11. The summed E-state index contributed by atoms with van der Waals surface area (Å²) in [5, 5.41) is 12.7. The molecular formula is C11H16N4O3S. The third-order valence-corrected chi connectivity index (χ3v) is 2.83. The maximum atomic E-state index is 9.69. The molecule has 2 aromatic rings. The molecule has 0 radical (unpaired) electrons. The first-order valence-electron chi connectivity index (χ1n) is 6.00. The second-order valence-corrected chi connectivity index (χ2v) is 4.47. The van der Waals surface area contributed by atoms with Crippen molar-refractivity contribution in [2.45, 2.75) is 26.0 Å². The molecule has 104 valence electrons. The maximum absolute atomic E-state index is 9.69. The predicted octanol–water partition coefficient (Wildman–Crippen LogP) is 0.618. The van der Waals surface area contributed by atoms with Crippen molar-refractivity contribution in [2.75, 3.05) is 13.2 Å². The van der Waals surface area contributed by atoms with Crippen LogP contribution >= 0.6 is 11.7 Å². The van der Waals surface area contributed by atoms with Crippen LogP contribution in [0.2, 0.25) is 0 Å². The van der Waals surface area contributed by atoms with Crippen molar-refractivity contribution >= 4 is 11.7 Å². The van der Waals surface area contributed by atoms with Gasteiger partial charge in [0.2, 0.25) is 11.8 Å². The Bertz CT molecular complexity index is 474. The third-order valence-electron chi connectivity index (χ3n) is 2.37. The lowest BCUT2D eigenvalue weighted by molar-refractivity contribution is 0.103. The lowest BCUT2D eigenvalue weighted by Gasteiger charge is -2.10. The van der Waals surface area contributed by atoms with E-state index >= 15 is 0 Å². The highest BCUT2D eigenvalue weighted by molar-refractivity contribution is 6.99. The van der Waals surface area contributed by atoms with E-state index in [-0.39, 0.29) is 6.61 Å². The average Bonchev–Trinajstić information content (AvgIpc) is 3.07. The molecule has 8 heteroatoms. The Morgan fingerprint density at radius 1 is 1.53 bits per heavy atom. The second kappa shape index (κ2) is 7.17. The summed E-state index contributed by atoms with van der Waals surface area (Å²) in [7, 11) is 0. The molecule has 0 spiro atoms. The average molecular weight is 284 g/mol. The summed E-state index contributed by atoms with van der Waals surface area (Å²) >= 11 is 1.07. The molecule has 2 heterocycles. The molecule has 0 aliphatic heterocycles. The van der Waals surface area contributed by atoms with E-state index in [0.29, 0.717) is 24.9 Å². The Kier molecular flexibility index (Phi) is 5.25. The van der Waals surface area contributed by atoms with E-state index in [4.69, 9.17) is 9.15 Å². The minimum absolute atomic E-state index is 0.171. The topological polar surface area (TPSA) is 93.3 Å². The van der Waals surface area contributed by atoms with Gasteiger partial charge in [-0.1, -0.05) is 6.92 Å². The van der Waals surface area contributed by atoms with E-state index in [0.717, 1.165) is 23.9 Å². The van der Waals surface area contributed by atoms with Gasteiger partial charge in [0.05, 0.1) is 24.5 Å². The van der Waals surface area contributed by atoms with E-state index in [1.54, 1.807) is 6.20 Å². The van der Waals surface area contributed by atoms with E-state index < -0.39 is 6.10 Å². The molecule has 2 rings (SSSR count). The molecule has 0 saturated heterocycles. The Morgan fingerprint density at radius 2 is 2.42 bits per heavy atom. The van der Waals surface area contributed by atoms with Crippen molar-refractivity contribution in [2.24, 2.45) is 0 Å². The van der Waals surface area contributed by atoms with Crippen LogP contribution in [0.25, 0.3) is 0 Å². The molecule has 0 aliphatic rings. The van der Waals surface area contributed by atoms with E-state index in [9.17, 15) is 5.11 Å². The molecule has 0 fully saturated rings. The van der Waals surface area contributed by atoms with Gasteiger partial charge in [-0.2, -0.15) is 4.37 Å². The molecule has 0 aromatic carbocycles. The molecule has 1 unspecified atom stereocenters. The van der Waals surface area contributed by atoms with Crippen molar-refractivity contribution in [3.8, 4) is 5.88 Å². The minimum atomic E-state index is -0.623. The first-order valence-corrected chi connectivity index (χ1v) is 6.73. The quantitative estimate of drug-likeness (QED) is 0.733. The third kappa shape index (κ3) is 4.58. The maximum Gasteiger partial charge on any atom is 0.245 e. The molecule has 2 N–H and O–H groups in total. The van der Waals surface area contributed by atoms with Gasteiger partial charge < -0.3 is 19.6 Å². The van der Waals surface area contributed by atoms with Crippen molar-refractivity contribution in [1.82, 2.24) is 19.0 Å². The summed E-state index contributed by atoms with van der Waals surface area (Å²) in [5.41, 5.74) is 0. The van der Waals surface area contributed by atoms with Crippen molar-refractivity contribution in [3.63, 3.8) is 0 Å². The van der Waals surface area contributed by atoms with Gasteiger partial charge in [0.25, 0.3) is 0 Å². The van der Waals surface area contributed by atoms with Gasteiger partial charge in [0, 0.05) is 13.0 Å². The van der Waals surface area contributed by atoms with Crippen LogP contribution in [0.5, 0.6) is 5.88 Å². The van der Waals surface area contributed by atoms with E-state index in [1.807, 2.05) is 6.92 Å². The molecule has 1 atom stereocenters. The number of hydrogen-bond acceptors (Lipinski definition) is 8. The summed E-state index contributed by atoms with van der Waals surface area (Å²) in [6, 6.07) is 0. The molecule has 0 amide bonds. The number of rotatable bonds is 8. The van der Waals surface area contributed by atoms with Gasteiger partial charge in [-0.3, -0.25) is 0 Å². The predicted molar refractivity (Wildman–Crippen MR) is 69.0 cm³/mol. The van der Waals surface area contributed by atoms with Crippen LogP contribution in [0.3, 0.4) is 0 Å². The van der Waals surface area contributed by atoms with Gasteiger partial charge in [0.15, 0.2) is 0 Å². The zero-order valence-corrected chi connectivity index (χ0v) is 11.4. The fourth-order valence-corrected chi connectivity index (χ4v) is 1.76. The number of nitrogens with one attached hydrogen (secondary N) is 1. The number of aryl methyl sites for hydroxylation is 1. The van der Waals surface area contributed by atoms with Crippen LogP contribution in [-0.2, 0) is 13.0 Å². The Balaban J connectivity index is 1.62. The largest absolute Gasteiger partial charge is 0.473 e. The molecule has 2 aromatic heterocycles. The van der Waals surface area contributed by atoms with E-state index in [2.05, 4.69) is 19.0 Å². The number of hydrogen-bond donors (Lipinski definition) is 2. The summed E-state index contributed by atoms with van der Waals surface area (Å²) in [6.45, 7) is 3.05. The van der Waals surface area contributed by atoms with Gasteiger partial charge in [-0.15, -0.1) is 4.37 Å². The van der Waals surface area contributed by atoms with Gasteiger partial charge in [-0.05, 0) is 0 Å². The van der Waals surface area contributed by atoms with Crippen LogP contribution < -0.4 is 10.1 Å². The minimum Gasteiger partial charge on any atom is -0.473 e. The second-order valence-electron chi connectivity index (χ2n) is 3.92. The summed E-state index contributed by atoms with van der Waals surface area (Å²) in [6.07, 6.45) is 3.43. The molecule has 0 aliphatic carbocycles. The smallest absolute Gasteiger partial charge is 0.245 e. The molecule has 0 saturated carbocycles. The molecule has 0 bridgehead atoms. The highest BCUT2D eigenvalue weighted by atomic mass is 32.1. The highest BCUT2D eigenvalue weighted by Gasteiger charge is 2.07. The van der Waals surface area contributed by atoms with Crippen LogP contribution in [0, 0.1) is 0 Å². The van der Waals surface area contributed by atoms with Gasteiger partial charge >= 0.3 is 0 Å². The fourth-order valence-electron chi connectivity index (χ4n) is 1.40.